The van der Waals surface area contributed by atoms with Crippen LogP contribution in [0.15, 0.2) is 0 Å². The van der Waals surface area contributed by atoms with Gasteiger partial charge in [-0.15, -0.1) is 0 Å². The molecule has 0 atom stereocenters. The van der Waals surface area contributed by atoms with Crippen molar-refractivity contribution in [2.45, 2.75) is 0 Å². The molecule has 0 fully saturated rings. The molecule has 0 amide bonds. The van der Waals surface area contributed by atoms with Crippen molar-refractivity contribution in [1.82, 2.24) is 5.43 Å². The average molecular weight is 328 g/mol. The first kappa shape index (κ1) is 8.38. The average Bonchev–Trinajstić information content (AvgIpc) is 1.68. The van der Waals surface area contributed by atoms with Crippen LogP contribution < -0.4 is 22.9 Å². The molecule has 7 heavy (non-hydrogen) atoms. The third-order valence-corrected chi connectivity index (χ3v) is 8.20. The van der Waals surface area contributed by atoms with Crippen molar-refractivity contribution in [3.63, 3.8) is 0 Å². The summed E-state index contributed by atoms with van der Waals surface area (Å²) in [5.41, 5.74) is 3.17. The minimum atomic E-state index is 0.257. The summed E-state index contributed by atoms with van der Waals surface area (Å²) in [7, 11) is 6.32. The molecule has 0 saturated carbocycles. The number of halogens is 2. The predicted octanol–water partition coefficient (Wildman–Crippen LogP) is -2.45. The van der Waals surface area contributed by atoms with E-state index in [9.17, 15) is 0 Å². The van der Waals surface area contributed by atoms with Gasteiger partial charge in [0.05, 0.1) is 0 Å². The normalized spacial score (nSPS) is 12.6. The molecule has 0 aliphatic carbocycles. The molecule has 0 radical (unpaired) electrons. The quantitative estimate of drug-likeness (QED) is 0.337. The maximum atomic E-state index is 3.17. The third kappa shape index (κ3) is 3.92. The van der Waals surface area contributed by atoms with Crippen LogP contribution in [0.3, 0.4) is 0 Å². The van der Waals surface area contributed by atoms with Crippen LogP contribution in [0.2, 0.25) is 0 Å². The summed E-state index contributed by atoms with van der Waals surface area (Å²) in [6.07, 6.45) is 0. The number of hydrogen-bond donors (Lipinski definition) is 1. The van der Waals surface area contributed by atoms with E-state index < -0.39 is 0 Å². The van der Waals surface area contributed by atoms with Gasteiger partial charge in [0.15, 0.2) is 0 Å². The fraction of sp³-hybridized carbons (Fsp3) is 1.00. The Balaban J connectivity index is 3.36. The van der Waals surface area contributed by atoms with Gasteiger partial charge in [-0.05, 0) is 0 Å². The van der Waals surface area contributed by atoms with Gasteiger partial charge >= 0.3 is 65.5 Å². The monoisotopic (exact) mass is 328 g/mol. The van der Waals surface area contributed by atoms with E-state index in [0.29, 0.717) is 0 Å². The van der Waals surface area contributed by atoms with Gasteiger partial charge in [-0.2, -0.15) is 0 Å². The van der Waals surface area contributed by atoms with Gasteiger partial charge in [0.1, 0.15) is 0 Å². The van der Waals surface area contributed by atoms with Crippen LogP contribution in [0.4, 0.5) is 0 Å². The number of nitrogens with one attached hydrogen (secondary N) is 1. The second-order valence-electron chi connectivity index (χ2n) is 1.60. The van der Waals surface area contributed by atoms with Crippen molar-refractivity contribution in [3.8, 4) is 0 Å². The summed E-state index contributed by atoms with van der Waals surface area (Å²) in [6, 6.07) is 0. The topological polar surface area (TPSA) is 12.0 Å². The van der Waals surface area contributed by atoms with Gasteiger partial charge in [-0.3, -0.25) is 0 Å². The SMILES string of the molecule is CN[N+](C)(C)[I-]I. The van der Waals surface area contributed by atoms with Crippen molar-refractivity contribution in [1.29, 1.82) is 0 Å². The van der Waals surface area contributed by atoms with Crippen LogP contribution in [0.5, 0.6) is 0 Å². The van der Waals surface area contributed by atoms with Crippen molar-refractivity contribution in [3.05, 3.63) is 0 Å². The molecular weight excluding hydrogens is 318 g/mol. The zero-order chi connectivity index (χ0) is 5.91. The van der Waals surface area contributed by atoms with Crippen molar-refractivity contribution in [2.75, 3.05) is 21.1 Å². The Morgan fingerprint density at radius 1 is 1.57 bits per heavy atom. The molecule has 1 N–H and O–H groups in total. The zero-order valence-corrected chi connectivity index (χ0v) is 9.02. The van der Waals surface area contributed by atoms with E-state index in [-0.39, 0.29) is 17.5 Å². The Morgan fingerprint density at radius 2 is 2.00 bits per heavy atom. The summed E-state index contributed by atoms with van der Waals surface area (Å²) < 4.78 is 0.986. The number of nitrogens with zero attached hydrogens (tertiary/aromatic N) is 1. The summed E-state index contributed by atoms with van der Waals surface area (Å²) in [4.78, 5) is 0. The fourth-order valence-electron chi connectivity index (χ4n) is 0.0319. The predicted molar refractivity (Wildman–Crippen MR) is 35.2 cm³/mol. The summed E-state index contributed by atoms with van der Waals surface area (Å²) in [6.45, 7) is 0. The second kappa shape index (κ2) is 3.41. The zero-order valence-electron chi connectivity index (χ0n) is 4.70. The third-order valence-electron chi connectivity index (χ3n) is 0.691. The molecule has 4 heteroatoms. The molecule has 0 spiro atoms. The van der Waals surface area contributed by atoms with Gasteiger partial charge < -0.3 is 0 Å². The van der Waals surface area contributed by atoms with Crippen molar-refractivity contribution >= 4 is 18.6 Å². The molecule has 0 aromatic heterocycles. The van der Waals surface area contributed by atoms with Crippen LogP contribution in [-0.2, 0) is 0 Å². The van der Waals surface area contributed by atoms with Gasteiger partial charge in [-0.25, -0.2) is 0 Å². The first-order chi connectivity index (χ1) is 3.12. The van der Waals surface area contributed by atoms with E-state index in [4.69, 9.17) is 0 Å². The molecule has 0 aliphatic heterocycles. The van der Waals surface area contributed by atoms with E-state index in [1.165, 1.54) is 0 Å². The molecule has 2 nitrogen and oxygen atoms in total. The van der Waals surface area contributed by atoms with Crippen LogP contribution in [0.1, 0.15) is 0 Å². The molecule has 0 saturated heterocycles. The number of hydrogen-bond acceptors (Lipinski definition) is 1. The van der Waals surface area contributed by atoms with Crippen molar-refractivity contribution in [2.24, 2.45) is 0 Å². The molecule has 0 rings (SSSR count). The first-order valence-electron chi connectivity index (χ1n) is 1.93. The standard InChI is InChI=1S/C3H10I2N2/c1-6-7(2,3)5-4/h6H,1-3H3. The maximum absolute atomic E-state index is 3.17. The minimum absolute atomic E-state index is 0.257. The Morgan fingerprint density at radius 3 is 2.00 bits per heavy atom. The van der Waals surface area contributed by atoms with E-state index >= 15 is 0 Å². The van der Waals surface area contributed by atoms with Gasteiger partial charge in [-0.1, -0.05) is 0 Å². The van der Waals surface area contributed by atoms with Crippen LogP contribution >= 0.6 is 18.6 Å². The van der Waals surface area contributed by atoms with Crippen LogP contribution in [0.25, 0.3) is 0 Å². The van der Waals surface area contributed by atoms with Gasteiger partial charge in [0.25, 0.3) is 0 Å². The van der Waals surface area contributed by atoms with E-state index in [0.717, 1.165) is 2.81 Å². The van der Waals surface area contributed by atoms with Crippen molar-refractivity contribution < 1.29 is 20.3 Å². The number of quaternary nitrogens is 1. The van der Waals surface area contributed by atoms with Crippen LogP contribution in [-0.4, -0.2) is 23.9 Å². The van der Waals surface area contributed by atoms with E-state index in [1.54, 1.807) is 0 Å². The van der Waals surface area contributed by atoms with Gasteiger partial charge in [0, 0.05) is 0 Å². The summed E-state index contributed by atoms with van der Waals surface area (Å²) >= 11 is 2.71. The molecule has 0 unspecified atom stereocenters. The number of rotatable bonds is 2. The molecule has 0 aromatic carbocycles. The fourth-order valence-corrected chi connectivity index (χ4v) is 1.44. The Bertz CT molecular complexity index is 48.9. The first-order valence-corrected chi connectivity index (χ1v) is 9.18. The molecule has 0 aromatic rings. The summed E-state index contributed by atoms with van der Waals surface area (Å²) in [5.74, 6) is 0. The summed E-state index contributed by atoms with van der Waals surface area (Å²) in [5, 5.41) is 0. The van der Waals surface area contributed by atoms with E-state index in [1.807, 2.05) is 7.05 Å². The molecule has 0 heterocycles. The molecule has 0 aliphatic rings. The van der Waals surface area contributed by atoms with E-state index in [2.05, 4.69) is 38.1 Å². The molecule has 46 valence electrons. The second-order valence-corrected chi connectivity index (χ2v) is 6.83. The van der Waals surface area contributed by atoms with Gasteiger partial charge in [0.2, 0.25) is 0 Å². The van der Waals surface area contributed by atoms with Crippen LogP contribution in [0, 0.1) is 0 Å². The molecule has 0 bridgehead atoms. The Labute approximate surface area is 65.0 Å². The molecular formula is C3H10I2N2. The Hall–Kier alpha value is 1.38. The Kier molecular flexibility index (Phi) is 4.09.